The predicted octanol–water partition coefficient (Wildman–Crippen LogP) is 3.25. The highest BCUT2D eigenvalue weighted by Gasteiger charge is 2.46. The number of nitrogens with zero attached hydrogens (tertiary/aromatic N) is 1. The number of benzene rings is 1. The van der Waals surface area contributed by atoms with Crippen molar-refractivity contribution in [3.63, 3.8) is 0 Å². The molecule has 7 heteroatoms. The topological polar surface area (TPSA) is 92.7 Å². The summed E-state index contributed by atoms with van der Waals surface area (Å²) < 4.78 is 12.2. The first-order valence-electron chi connectivity index (χ1n) is 13.0. The monoisotopic (exact) mass is 479 g/mol. The van der Waals surface area contributed by atoms with Gasteiger partial charge in [-0.2, -0.15) is 0 Å². The average molecular weight is 480 g/mol. The van der Waals surface area contributed by atoms with Gasteiger partial charge in [0.1, 0.15) is 5.60 Å². The van der Waals surface area contributed by atoms with Gasteiger partial charge in [0, 0.05) is 50.7 Å². The SMILES string of the molecule is CC(=O)N[C@@H](Cc1ccccc1)[C@@H](O)CN[C@H]1CC2(CCC2)Oc2ncc(C[C@H]3CCCO3)cc21. The number of carbonyl (C=O) groups is 1. The van der Waals surface area contributed by atoms with E-state index in [0.717, 1.165) is 61.8 Å². The van der Waals surface area contributed by atoms with Crippen molar-refractivity contribution >= 4 is 5.91 Å². The number of aliphatic hydroxyl groups excluding tert-OH is 1. The molecule has 1 aromatic heterocycles. The molecule has 1 aliphatic carbocycles. The van der Waals surface area contributed by atoms with E-state index in [-0.39, 0.29) is 29.7 Å². The van der Waals surface area contributed by atoms with Gasteiger partial charge in [0.05, 0.1) is 18.2 Å². The van der Waals surface area contributed by atoms with E-state index in [1.165, 1.54) is 13.3 Å². The lowest BCUT2D eigenvalue weighted by Crippen LogP contribution is -2.52. The Labute approximate surface area is 207 Å². The summed E-state index contributed by atoms with van der Waals surface area (Å²) in [6.45, 7) is 2.71. The number of aliphatic hydroxyl groups is 1. The summed E-state index contributed by atoms with van der Waals surface area (Å²) in [6.07, 6.45) is 9.22. The average Bonchev–Trinajstić information content (AvgIpc) is 3.34. The van der Waals surface area contributed by atoms with Gasteiger partial charge in [-0.3, -0.25) is 4.79 Å². The van der Waals surface area contributed by atoms with Gasteiger partial charge in [-0.15, -0.1) is 0 Å². The van der Waals surface area contributed by atoms with Crippen LogP contribution in [-0.4, -0.2) is 53.0 Å². The molecule has 7 nitrogen and oxygen atoms in total. The van der Waals surface area contributed by atoms with Crippen molar-refractivity contribution in [1.82, 2.24) is 15.6 Å². The van der Waals surface area contributed by atoms with E-state index in [4.69, 9.17) is 14.5 Å². The number of hydrogen-bond acceptors (Lipinski definition) is 6. The van der Waals surface area contributed by atoms with E-state index in [9.17, 15) is 9.90 Å². The largest absolute Gasteiger partial charge is 0.471 e. The minimum Gasteiger partial charge on any atom is -0.471 e. The first kappa shape index (κ1) is 24.2. The van der Waals surface area contributed by atoms with Gasteiger partial charge in [-0.25, -0.2) is 4.98 Å². The molecule has 1 amide bonds. The summed E-state index contributed by atoms with van der Waals surface area (Å²) in [7, 11) is 0. The second kappa shape index (κ2) is 10.6. The number of pyridine rings is 1. The number of hydrogen-bond donors (Lipinski definition) is 3. The normalized spacial score (nSPS) is 24.2. The van der Waals surface area contributed by atoms with Crippen LogP contribution in [-0.2, 0) is 22.4 Å². The fourth-order valence-electron chi connectivity index (χ4n) is 5.64. The Hall–Kier alpha value is -2.48. The van der Waals surface area contributed by atoms with Crippen molar-refractivity contribution in [2.45, 2.75) is 88.2 Å². The van der Waals surface area contributed by atoms with Crippen LogP contribution in [0.1, 0.15) is 68.2 Å². The molecule has 0 radical (unpaired) electrons. The Balaban J connectivity index is 1.30. The Kier molecular flexibility index (Phi) is 7.37. The molecule has 3 heterocycles. The van der Waals surface area contributed by atoms with Gasteiger partial charge in [0.25, 0.3) is 0 Å². The molecule has 5 rings (SSSR count). The molecule has 0 bridgehead atoms. The fourth-order valence-corrected chi connectivity index (χ4v) is 5.64. The van der Waals surface area contributed by atoms with Crippen LogP contribution in [0, 0.1) is 0 Å². The van der Waals surface area contributed by atoms with E-state index in [1.807, 2.05) is 36.5 Å². The van der Waals surface area contributed by atoms with Crippen molar-refractivity contribution < 1.29 is 19.4 Å². The van der Waals surface area contributed by atoms with Gasteiger partial charge in [0.15, 0.2) is 0 Å². The lowest BCUT2D eigenvalue weighted by atomic mass is 9.73. The van der Waals surface area contributed by atoms with E-state index in [0.29, 0.717) is 18.8 Å². The van der Waals surface area contributed by atoms with Gasteiger partial charge >= 0.3 is 0 Å². The molecule has 3 aliphatic rings. The van der Waals surface area contributed by atoms with Crippen LogP contribution in [0.4, 0.5) is 0 Å². The van der Waals surface area contributed by atoms with Crippen LogP contribution in [0.3, 0.4) is 0 Å². The predicted molar refractivity (Wildman–Crippen MR) is 133 cm³/mol. The van der Waals surface area contributed by atoms with Gasteiger partial charge in [0.2, 0.25) is 11.8 Å². The summed E-state index contributed by atoms with van der Waals surface area (Å²) in [5, 5.41) is 17.7. The standard InChI is InChI=1S/C28H37N3O4/c1-19(32)31-24(15-20-7-3-2-4-8-20)26(33)18-29-25-16-28(10-6-11-28)35-27-23(25)14-21(17-30-27)13-22-9-5-12-34-22/h2-4,7-8,14,17,22,24-26,29,33H,5-6,9-13,15-16,18H2,1H3,(H,31,32)/t22-,24+,25+,26+/m1/s1. The number of amides is 1. The zero-order valence-corrected chi connectivity index (χ0v) is 20.5. The van der Waals surface area contributed by atoms with Crippen molar-refractivity contribution in [2.24, 2.45) is 0 Å². The second-order valence-electron chi connectivity index (χ2n) is 10.4. The smallest absolute Gasteiger partial charge is 0.218 e. The summed E-state index contributed by atoms with van der Waals surface area (Å²) in [5.74, 6) is 0.569. The Morgan fingerprint density at radius 2 is 2.06 bits per heavy atom. The Morgan fingerprint density at radius 3 is 2.74 bits per heavy atom. The molecule has 1 saturated heterocycles. The van der Waals surface area contributed by atoms with Crippen molar-refractivity contribution in [1.29, 1.82) is 0 Å². The van der Waals surface area contributed by atoms with E-state index in [2.05, 4.69) is 16.7 Å². The third-order valence-electron chi connectivity index (χ3n) is 7.68. The van der Waals surface area contributed by atoms with Crippen molar-refractivity contribution in [3.05, 3.63) is 59.3 Å². The Morgan fingerprint density at radius 1 is 1.23 bits per heavy atom. The second-order valence-corrected chi connectivity index (χ2v) is 10.4. The number of nitrogens with one attached hydrogen (secondary N) is 2. The zero-order valence-electron chi connectivity index (χ0n) is 20.5. The van der Waals surface area contributed by atoms with Crippen LogP contribution in [0.2, 0.25) is 0 Å². The summed E-state index contributed by atoms with van der Waals surface area (Å²) in [6, 6.07) is 11.8. The zero-order chi connectivity index (χ0) is 24.3. The number of rotatable bonds is 9. The van der Waals surface area contributed by atoms with Crippen LogP contribution in [0.5, 0.6) is 5.88 Å². The lowest BCUT2D eigenvalue weighted by Gasteiger charge is -2.47. The molecule has 0 unspecified atom stereocenters. The number of carbonyl (C=O) groups excluding carboxylic acids is 1. The minimum absolute atomic E-state index is 0.0420. The molecule has 2 aliphatic heterocycles. The molecule has 1 spiro atoms. The van der Waals surface area contributed by atoms with Gasteiger partial charge in [-0.1, -0.05) is 30.3 Å². The first-order chi connectivity index (χ1) is 17.0. The summed E-state index contributed by atoms with van der Waals surface area (Å²) in [5.41, 5.74) is 3.15. The van der Waals surface area contributed by atoms with Crippen LogP contribution in [0.15, 0.2) is 42.6 Å². The van der Waals surface area contributed by atoms with Crippen molar-refractivity contribution in [3.8, 4) is 5.88 Å². The fraction of sp³-hybridized carbons (Fsp3) is 0.571. The molecule has 35 heavy (non-hydrogen) atoms. The van der Waals surface area contributed by atoms with E-state index >= 15 is 0 Å². The van der Waals surface area contributed by atoms with Gasteiger partial charge in [-0.05, 0) is 55.7 Å². The maximum Gasteiger partial charge on any atom is 0.218 e. The molecule has 1 saturated carbocycles. The molecule has 2 aromatic rings. The Bertz CT molecular complexity index is 1000. The van der Waals surface area contributed by atoms with Gasteiger partial charge < -0.3 is 25.2 Å². The van der Waals surface area contributed by atoms with Crippen LogP contribution >= 0.6 is 0 Å². The molecule has 2 fully saturated rings. The summed E-state index contributed by atoms with van der Waals surface area (Å²) in [4.78, 5) is 16.6. The number of fused-ring (bicyclic) bond motifs is 1. The van der Waals surface area contributed by atoms with Crippen LogP contribution in [0.25, 0.3) is 0 Å². The molecule has 1 aromatic carbocycles. The highest BCUT2D eigenvalue weighted by molar-refractivity contribution is 5.73. The molecule has 188 valence electrons. The number of aromatic nitrogens is 1. The molecule has 3 N–H and O–H groups in total. The molecular weight excluding hydrogens is 442 g/mol. The van der Waals surface area contributed by atoms with Crippen molar-refractivity contribution in [2.75, 3.05) is 13.2 Å². The maximum atomic E-state index is 11.9. The third-order valence-corrected chi connectivity index (χ3v) is 7.68. The van der Waals surface area contributed by atoms with Crippen LogP contribution < -0.4 is 15.4 Å². The quantitative estimate of drug-likeness (QED) is 0.511. The summed E-state index contributed by atoms with van der Waals surface area (Å²) >= 11 is 0. The van der Waals surface area contributed by atoms with E-state index in [1.54, 1.807) is 0 Å². The maximum absolute atomic E-state index is 11.9. The first-order valence-corrected chi connectivity index (χ1v) is 13.0. The number of ether oxygens (including phenoxy) is 2. The highest BCUT2D eigenvalue weighted by Crippen LogP contribution is 2.48. The van der Waals surface area contributed by atoms with E-state index < -0.39 is 6.10 Å². The molecular formula is C28H37N3O4. The lowest BCUT2D eigenvalue weighted by molar-refractivity contribution is -0.120. The highest BCUT2D eigenvalue weighted by atomic mass is 16.5. The molecule has 4 atom stereocenters. The minimum atomic E-state index is -0.731. The third kappa shape index (κ3) is 5.85.